The predicted molar refractivity (Wildman–Crippen MR) is 97.2 cm³/mol. The Bertz CT molecular complexity index is 955. The molecule has 1 amide bonds. The summed E-state index contributed by atoms with van der Waals surface area (Å²) in [6, 6.07) is 7.98. The van der Waals surface area contributed by atoms with Gasteiger partial charge >= 0.3 is 0 Å². The highest BCUT2D eigenvalue weighted by Crippen LogP contribution is 2.20. The monoisotopic (exact) mass is 350 g/mol. The van der Waals surface area contributed by atoms with Gasteiger partial charge in [0, 0.05) is 25.2 Å². The summed E-state index contributed by atoms with van der Waals surface area (Å²) >= 11 is 0. The zero-order valence-electron chi connectivity index (χ0n) is 15.3. The van der Waals surface area contributed by atoms with Crippen LogP contribution in [0.4, 0.5) is 0 Å². The van der Waals surface area contributed by atoms with Crippen molar-refractivity contribution in [3.63, 3.8) is 0 Å². The number of hydrogen-bond acceptors (Lipinski definition) is 4. The number of carbonyl (C=O) groups is 1. The summed E-state index contributed by atoms with van der Waals surface area (Å²) in [5.41, 5.74) is 2.68. The van der Waals surface area contributed by atoms with Crippen LogP contribution in [0.3, 0.4) is 0 Å². The number of aromatic nitrogens is 5. The number of carbonyl (C=O) groups excluding carboxylic acids is 1. The molecule has 0 radical (unpaired) electrons. The van der Waals surface area contributed by atoms with Crippen LogP contribution >= 0.6 is 0 Å². The maximum absolute atomic E-state index is 12.9. The molecule has 7 nitrogen and oxygen atoms in total. The lowest BCUT2D eigenvalue weighted by Gasteiger charge is -2.27. The predicted octanol–water partition coefficient (Wildman–Crippen LogP) is 2.55. The van der Waals surface area contributed by atoms with Crippen molar-refractivity contribution in [2.75, 3.05) is 6.54 Å². The van der Waals surface area contributed by atoms with Gasteiger partial charge in [0.2, 0.25) is 0 Å². The molecule has 0 saturated carbocycles. The standard InChI is InChI=1S/C19H22N6O/c1-13(2)18-22-21-17-12-23(8-9-24(17)18)19(26)15-10-20-25(11-15)16-7-5-4-6-14(16)3/h4-7,10-11,13H,8-9,12H2,1-3H3. The van der Waals surface area contributed by atoms with Gasteiger partial charge in [0.1, 0.15) is 5.82 Å². The summed E-state index contributed by atoms with van der Waals surface area (Å²) in [5.74, 6) is 2.13. The first-order chi connectivity index (χ1) is 12.5. The summed E-state index contributed by atoms with van der Waals surface area (Å²) in [5, 5.41) is 12.9. The van der Waals surface area contributed by atoms with E-state index in [9.17, 15) is 4.79 Å². The zero-order chi connectivity index (χ0) is 18.3. The van der Waals surface area contributed by atoms with Crippen LogP contribution in [0.25, 0.3) is 5.69 Å². The topological polar surface area (TPSA) is 68.8 Å². The third-order valence-corrected chi connectivity index (χ3v) is 4.78. The normalized spacial score (nSPS) is 13.9. The number of nitrogens with zero attached hydrogens (tertiary/aromatic N) is 6. The fourth-order valence-corrected chi connectivity index (χ4v) is 3.35. The SMILES string of the molecule is Cc1ccccc1-n1cc(C(=O)N2CCn3c(nnc3C(C)C)C2)cn1. The Balaban J connectivity index is 1.55. The van der Waals surface area contributed by atoms with E-state index in [1.54, 1.807) is 17.1 Å². The number of hydrogen-bond donors (Lipinski definition) is 0. The summed E-state index contributed by atoms with van der Waals surface area (Å²) in [6.45, 7) is 8.10. The maximum Gasteiger partial charge on any atom is 0.257 e. The van der Waals surface area contributed by atoms with Gasteiger partial charge in [0.15, 0.2) is 5.82 Å². The van der Waals surface area contributed by atoms with Crippen molar-refractivity contribution in [3.8, 4) is 5.69 Å². The van der Waals surface area contributed by atoms with E-state index in [-0.39, 0.29) is 5.91 Å². The molecule has 1 aliphatic rings. The second kappa shape index (κ2) is 6.40. The average molecular weight is 350 g/mol. The van der Waals surface area contributed by atoms with E-state index in [0.29, 0.717) is 24.6 Å². The summed E-state index contributed by atoms with van der Waals surface area (Å²) in [7, 11) is 0. The quantitative estimate of drug-likeness (QED) is 0.728. The molecule has 0 saturated heterocycles. The van der Waals surface area contributed by atoms with Crippen LogP contribution in [0, 0.1) is 6.92 Å². The second-order valence-electron chi connectivity index (χ2n) is 6.97. The molecule has 0 N–H and O–H groups in total. The maximum atomic E-state index is 12.9. The van der Waals surface area contributed by atoms with Gasteiger partial charge < -0.3 is 9.47 Å². The minimum absolute atomic E-state index is 0.0230. The third kappa shape index (κ3) is 2.79. The van der Waals surface area contributed by atoms with Crippen molar-refractivity contribution in [2.24, 2.45) is 0 Å². The van der Waals surface area contributed by atoms with Crippen molar-refractivity contribution >= 4 is 5.91 Å². The lowest BCUT2D eigenvalue weighted by Crippen LogP contribution is -2.38. The second-order valence-corrected chi connectivity index (χ2v) is 6.97. The van der Waals surface area contributed by atoms with Gasteiger partial charge in [-0.2, -0.15) is 5.10 Å². The van der Waals surface area contributed by atoms with Crippen molar-refractivity contribution in [1.82, 2.24) is 29.4 Å². The molecule has 1 aliphatic heterocycles. The van der Waals surface area contributed by atoms with Crippen molar-refractivity contribution < 1.29 is 4.79 Å². The Morgan fingerprint density at radius 2 is 1.96 bits per heavy atom. The molecule has 0 fully saturated rings. The van der Waals surface area contributed by atoms with Crippen molar-refractivity contribution in [3.05, 3.63) is 59.4 Å². The molecule has 1 aromatic carbocycles. The highest BCUT2D eigenvalue weighted by Gasteiger charge is 2.26. The Morgan fingerprint density at radius 1 is 1.15 bits per heavy atom. The van der Waals surface area contributed by atoms with Crippen LogP contribution < -0.4 is 0 Å². The van der Waals surface area contributed by atoms with Gasteiger partial charge in [-0.25, -0.2) is 4.68 Å². The third-order valence-electron chi connectivity index (χ3n) is 4.78. The molecule has 0 unspecified atom stereocenters. The van der Waals surface area contributed by atoms with E-state index < -0.39 is 0 Å². The largest absolute Gasteiger partial charge is 0.329 e. The van der Waals surface area contributed by atoms with Gasteiger partial charge in [-0.05, 0) is 18.6 Å². The van der Waals surface area contributed by atoms with Gasteiger partial charge in [0.05, 0.1) is 24.0 Å². The molecule has 7 heteroatoms. The molecule has 0 atom stereocenters. The van der Waals surface area contributed by atoms with Crippen LogP contribution in [-0.4, -0.2) is 41.9 Å². The molecular formula is C19H22N6O. The van der Waals surface area contributed by atoms with Crippen molar-refractivity contribution in [2.45, 2.75) is 39.8 Å². The molecule has 2 aromatic heterocycles. The van der Waals surface area contributed by atoms with E-state index >= 15 is 0 Å². The molecular weight excluding hydrogens is 328 g/mol. The molecule has 3 aromatic rings. The highest BCUT2D eigenvalue weighted by molar-refractivity contribution is 5.93. The average Bonchev–Trinajstić information content (AvgIpc) is 3.28. The van der Waals surface area contributed by atoms with E-state index in [2.05, 4.69) is 33.7 Å². The smallest absolute Gasteiger partial charge is 0.257 e. The van der Waals surface area contributed by atoms with Crippen LogP contribution in [0.1, 0.15) is 47.3 Å². The van der Waals surface area contributed by atoms with E-state index in [0.717, 1.165) is 29.4 Å². The minimum atomic E-state index is -0.0230. The van der Waals surface area contributed by atoms with E-state index in [1.165, 1.54) is 0 Å². The summed E-state index contributed by atoms with van der Waals surface area (Å²) in [4.78, 5) is 14.7. The first kappa shape index (κ1) is 16.5. The lowest BCUT2D eigenvalue weighted by atomic mass is 10.2. The van der Waals surface area contributed by atoms with Crippen molar-refractivity contribution in [1.29, 1.82) is 0 Å². The number of para-hydroxylation sites is 1. The Morgan fingerprint density at radius 3 is 2.73 bits per heavy atom. The summed E-state index contributed by atoms with van der Waals surface area (Å²) in [6.07, 6.45) is 3.43. The number of aryl methyl sites for hydroxylation is 1. The van der Waals surface area contributed by atoms with Gasteiger partial charge in [0.25, 0.3) is 5.91 Å². The Labute approximate surface area is 152 Å². The number of amides is 1. The number of benzene rings is 1. The molecule has 0 bridgehead atoms. The van der Waals surface area contributed by atoms with Crippen LogP contribution in [0.15, 0.2) is 36.7 Å². The number of rotatable bonds is 3. The van der Waals surface area contributed by atoms with Gasteiger partial charge in [-0.15, -0.1) is 10.2 Å². The minimum Gasteiger partial charge on any atom is -0.329 e. The molecule has 4 rings (SSSR count). The number of fused-ring (bicyclic) bond motifs is 1. The molecule has 3 heterocycles. The van der Waals surface area contributed by atoms with Crippen LogP contribution in [0.2, 0.25) is 0 Å². The first-order valence-corrected chi connectivity index (χ1v) is 8.86. The van der Waals surface area contributed by atoms with Gasteiger partial charge in [-0.3, -0.25) is 4.79 Å². The van der Waals surface area contributed by atoms with Crippen LogP contribution in [-0.2, 0) is 13.1 Å². The molecule has 0 aliphatic carbocycles. The van der Waals surface area contributed by atoms with Crippen LogP contribution in [0.5, 0.6) is 0 Å². The highest BCUT2D eigenvalue weighted by atomic mass is 16.2. The zero-order valence-corrected chi connectivity index (χ0v) is 15.3. The molecule has 134 valence electrons. The fourth-order valence-electron chi connectivity index (χ4n) is 3.35. The van der Waals surface area contributed by atoms with Gasteiger partial charge in [-0.1, -0.05) is 32.0 Å². The molecule has 26 heavy (non-hydrogen) atoms. The fraction of sp³-hybridized carbons (Fsp3) is 0.368. The summed E-state index contributed by atoms with van der Waals surface area (Å²) < 4.78 is 3.89. The van der Waals surface area contributed by atoms with E-state index in [1.807, 2.05) is 36.1 Å². The van der Waals surface area contributed by atoms with E-state index in [4.69, 9.17) is 0 Å². The first-order valence-electron chi connectivity index (χ1n) is 8.86. The lowest BCUT2D eigenvalue weighted by molar-refractivity contribution is 0.0706. The Hall–Kier alpha value is -2.96. The Kier molecular flexibility index (Phi) is 4.06. The molecule has 0 spiro atoms.